The second-order valence-electron chi connectivity index (χ2n) is 5.20. The Hall–Kier alpha value is -1.58. The number of anilines is 1. The molecule has 1 unspecified atom stereocenters. The van der Waals surface area contributed by atoms with E-state index in [1.165, 1.54) is 19.3 Å². The van der Waals surface area contributed by atoms with Crippen molar-refractivity contribution in [2.45, 2.75) is 46.1 Å². The Labute approximate surface area is 109 Å². The third kappa shape index (κ3) is 2.33. The molecule has 0 aromatic carbocycles. The average molecular weight is 246 g/mol. The minimum Gasteiger partial charge on any atom is -0.384 e. The quantitative estimate of drug-likeness (QED) is 0.622. The van der Waals surface area contributed by atoms with Gasteiger partial charge in [0.15, 0.2) is 0 Å². The van der Waals surface area contributed by atoms with Gasteiger partial charge in [-0.25, -0.2) is 0 Å². The minimum atomic E-state index is 0.118. The van der Waals surface area contributed by atoms with Crippen molar-refractivity contribution >= 4 is 11.5 Å². The lowest BCUT2D eigenvalue weighted by Crippen LogP contribution is -2.39. The normalized spacial score (nSPS) is 19.9. The molecule has 0 saturated carbocycles. The van der Waals surface area contributed by atoms with Gasteiger partial charge < -0.3 is 10.6 Å². The first kappa shape index (κ1) is 12.9. The molecule has 0 amide bonds. The molecule has 0 bridgehead atoms. The monoisotopic (exact) mass is 246 g/mol. The van der Waals surface area contributed by atoms with Crippen LogP contribution in [0.4, 0.5) is 5.69 Å². The zero-order chi connectivity index (χ0) is 13.3. The number of aromatic nitrogens is 1. The van der Waals surface area contributed by atoms with Gasteiger partial charge in [-0.05, 0) is 46.1 Å². The Morgan fingerprint density at radius 2 is 2.17 bits per heavy atom. The van der Waals surface area contributed by atoms with Crippen molar-refractivity contribution in [1.29, 1.82) is 5.41 Å². The average Bonchev–Trinajstić information content (AvgIpc) is 2.27. The Bertz CT molecular complexity index is 467. The first-order valence-electron chi connectivity index (χ1n) is 6.60. The van der Waals surface area contributed by atoms with E-state index >= 15 is 0 Å². The fourth-order valence-electron chi connectivity index (χ4n) is 2.82. The van der Waals surface area contributed by atoms with Crippen molar-refractivity contribution in [3.8, 4) is 0 Å². The van der Waals surface area contributed by atoms with Crippen LogP contribution < -0.4 is 10.6 Å². The van der Waals surface area contributed by atoms with Crippen LogP contribution in [0.1, 0.15) is 43.1 Å². The summed E-state index contributed by atoms with van der Waals surface area (Å²) in [6, 6.07) is 2.57. The predicted molar refractivity (Wildman–Crippen MR) is 75.4 cm³/mol. The number of nitrogens with two attached hydrogens (primary N) is 1. The summed E-state index contributed by atoms with van der Waals surface area (Å²) in [5.41, 5.74) is 9.47. The molecule has 1 aromatic heterocycles. The second kappa shape index (κ2) is 4.96. The summed E-state index contributed by atoms with van der Waals surface area (Å²) in [5.74, 6) is 0.118. The topological polar surface area (TPSA) is 66.0 Å². The van der Waals surface area contributed by atoms with Gasteiger partial charge >= 0.3 is 0 Å². The maximum atomic E-state index is 7.78. The standard InChI is InChI=1S/C14H22N4/c1-9-8-12(13(14(15)16)11(3)17-9)18-7-5-4-6-10(18)2/h8,10H,4-7H2,1-3H3,(H3,15,16). The smallest absolute Gasteiger partial charge is 0.126 e. The highest BCUT2D eigenvalue weighted by molar-refractivity contribution is 6.01. The van der Waals surface area contributed by atoms with Gasteiger partial charge in [0.25, 0.3) is 0 Å². The fourth-order valence-corrected chi connectivity index (χ4v) is 2.82. The van der Waals surface area contributed by atoms with Crippen molar-refractivity contribution < 1.29 is 0 Å². The lowest BCUT2D eigenvalue weighted by atomic mass is 10.00. The lowest BCUT2D eigenvalue weighted by molar-refractivity contribution is 0.484. The number of amidine groups is 1. The summed E-state index contributed by atoms with van der Waals surface area (Å²) in [7, 11) is 0. The van der Waals surface area contributed by atoms with Gasteiger partial charge in [-0.1, -0.05) is 0 Å². The Balaban J connectivity index is 2.50. The molecule has 1 atom stereocenters. The number of piperidine rings is 1. The maximum absolute atomic E-state index is 7.78. The van der Waals surface area contributed by atoms with Crippen LogP contribution in [0, 0.1) is 19.3 Å². The largest absolute Gasteiger partial charge is 0.384 e. The summed E-state index contributed by atoms with van der Waals surface area (Å²) in [4.78, 5) is 6.80. The van der Waals surface area contributed by atoms with Crippen LogP contribution in [0.2, 0.25) is 0 Å². The molecular weight excluding hydrogens is 224 g/mol. The fraction of sp³-hybridized carbons (Fsp3) is 0.571. The van der Waals surface area contributed by atoms with E-state index in [1.54, 1.807) is 0 Å². The van der Waals surface area contributed by atoms with Gasteiger partial charge in [-0.15, -0.1) is 0 Å². The van der Waals surface area contributed by atoms with E-state index in [0.29, 0.717) is 6.04 Å². The van der Waals surface area contributed by atoms with Crippen LogP contribution in [0.3, 0.4) is 0 Å². The Morgan fingerprint density at radius 1 is 1.44 bits per heavy atom. The van der Waals surface area contributed by atoms with Crippen molar-refractivity contribution in [1.82, 2.24) is 4.98 Å². The van der Waals surface area contributed by atoms with Gasteiger partial charge in [-0.2, -0.15) is 0 Å². The number of nitrogen functional groups attached to an aromatic ring is 1. The molecule has 1 saturated heterocycles. The van der Waals surface area contributed by atoms with E-state index in [9.17, 15) is 0 Å². The Kier molecular flexibility index (Phi) is 3.55. The number of aryl methyl sites for hydroxylation is 2. The second-order valence-corrected chi connectivity index (χ2v) is 5.20. The van der Waals surface area contributed by atoms with Gasteiger partial charge in [0.1, 0.15) is 5.84 Å². The molecule has 1 aromatic rings. The molecule has 2 heterocycles. The van der Waals surface area contributed by atoms with Gasteiger partial charge in [0.05, 0.1) is 16.9 Å². The number of hydrogen-bond donors (Lipinski definition) is 2. The number of hydrogen-bond acceptors (Lipinski definition) is 3. The molecule has 1 fully saturated rings. The number of nitrogens with zero attached hydrogens (tertiary/aromatic N) is 2. The molecule has 98 valence electrons. The summed E-state index contributed by atoms with van der Waals surface area (Å²) in [6.07, 6.45) is 3.70. The van der Waals surface area contributed by atoms with Gasteiger partial charge in [0.2, 0.25) is 0 Å². The van der Waals surface area contributed by atoms with E-state index in [0.717, 1.165) is 29.2 Å². The van der Waals surface area contributed by atoms with Crippen LogP contribution >= 0.6 is 0 Å². The highest BCUT2D eigenvalue weighted by Crippen LogP contribution is 2.29. The molecule has 0 spiro atoms. The molecule has 4 nitrogen and oxygen atoms in total. The van der Waals surface area contributed by atoms with E-state index in [2.05, 4.69) is 22.9 Å². The maximum Gasteiger partial charge on any atom is 0.126 e. The van der Waals surface area contributed by atoms with E-state index in [4.69, 9.17) is 11.1 Å². The molecule has 2 rings (SSSR count). The first-order chi connectivity index (χ1) is 8.50. The molecule has 1 aliphatic heterocycles. The van der Waals surface area contributed by atoms with E-state index in [-0.39, 0.29) is 5.84 Å². The summed E-state index contributed by atoms with van der Waals surface area (Å²) in [6.45, 7) is 7.22. The predicted octanol–water partition coefficient (Wildman–Crippen LogP) is 2.36. The van der Waals surface area contributed by atoms with Crippen molar-refractivity contribution in [2.75, 3.05) is 11.4 Å². The molecular formula is C14H22N4. The van der Waals surface area contributed by atoms with E-state index in [1.807, 2.05) is 13.8 Å². The number of nitrogens with one attached hydrogen (secondary N) is 1. The van der Waals surface area contributed by atoms with Crippen LogP contribution in [0.5, 0.6) is 0 Å². The summed E-state index contributed by atoms with van der Waals surface area (Å²) in [5, 5.41) is 7.78. The van der Waals surface area contributed by atoms with Crippen LogP contribution in [0.15, 0.2) is 6.07 Å². The molecule has 1 aliphatic rings. The summed E-state index contributed by atoms with van der Waals surface area (Å²) >= 11 is 0. The van der Waals surface area contributed by atoms with Crippen molar-refractivity contribution in [3.05, 3.63) is 23.0 Å². The summed E-state index contributed by atoms with van der Waals surface area (Å²) < 4.78 is 0. The molecule has 18 heavy (non-hydrogen) atoms. The lowest BCUT2D eigenvalue weighted by Gasteiger charge is -2.37. The van der Waals surface area contributed by atoms with Gasteiger partial charge in [0, 0.05) is 18.3 Å². The first-order valence-corrected chi connectivity index (χ1v) is 6.60. The molecule has 4 heteroatoms. The molecule has 3 N–H and O–H groups in total. The zero-order valence-electron chi connectivity index (χ0n) is 11.5. The third-order valence-electron chi connectivity index (χ3n) is 3.69. The van der Waals surface area contributed by atoms with Crippen molar-refractivity contribution in [3.63, 3.8) is 0 Å². The van der Waals surface area contributed by atoms with Gasteiger partial charge in [-0.3, -0.25) is 10.4 Å². The highest BCUT2D eigenvalue weighted by Gasteiger charge is 2.23. The SMILES string of the molecule is Cc1cc(N2CCCCC2C)c(C(=N)N)c(C)n1. The molecule has 0 aliphatic carbocycles. The van der Waals surface area contributed by atoms with Crippen LogP contribution in [-0.4, -0.2) is 23.4 Å². The minimum absolute atomic E-state index is 0.118. The van der Waals surface area contributed by atoms with Crippen LogP contribution in [-0.2, 0) is 0 Å². The van der Waals surface area contributed by atoms with Crippen LogP contribution in [0.25, 0.3) is 0 Å². The Morgan fingerprint density at radius 3 is 2.78 bits per heavy atom. The highest BCUT2D eigenvalue weighted by atomic mass is 15.2. The zero-order valence-corrected chi connectivity index (χ0v) is 11.5. The number of pyridine rings is 1. The van der Waals surface area contributed by atoms with Crippen molar-refractivity contribution in [2.24, 2.45) is 5.73 Å². The third-order valence-corrected chi connectivity index (χ3v) is 3.69. The molecule has 0 radical (unpaired) electrons. The number of rotatable bonds is 2. The van der Waals surface area contributed by atoms with E-state index < -0.39 is 0 Å².